The van der Waals surface area contributed by atoms with Crippen LogP contribution in [0, 0.1) is 0 Å². The summed E-state index contributed by atoms with van der Waals surface area (Å²) in [6.07, 6.45) is 0.318. The molecule has 2 nitrogen and oxygen atoms in total. The van der Waals surface area contributed by atoms with Crippen LogP contribution in [0.2, 0.25) is 0 Å². The molecule has 0 saturated heterocycles. The molecule has 0 spiro atoms. The molecular formula is C11H18BrNOS. The van der Waals surface area contributed by atoms with Crippen LogP contribution in [-0.4, -0.2) is 19.3 Å². The molecule has 0 radical (unpaired) electrons. The highest BCUT2D eigenvalue weighted by molar-refractivity contribution is 9.11. The molecule has 0 aromatic carbocycles. The van der Waals surface area contributed by atoms with Crippen molar-refractivity contribution in [3.8, 4) is 0 Å². The lowest BCUT2D eigenvalue weighted by Gasteiger charge is -2.13. The molecule has 0 amide bonds. The lowest BCUT2D eigenvalue weighted by molar-refractivity contribution is 0.0797. The summed E-state index contributed by atoms with van der Waals surface area (Å²) >= 11 is 5.24. The van der Waals surface area contributed by atoms with Crippen LogP contribution in [0.4, 0.5) is 0 Å². The molecule has 0 fully saturated rings. The Labute approximate surface area is 104 Å². The van der Waals surface area contributed by atoms with Crippen molar-refractivity contribution < 1.29 is 4.74 Å². The topological polar surface area (TPSA) is 21.3 Å². The summed E-state index contributed by atoms with van der Waals surface area (Å²) in [7, 11) is 0. The highest BCUT2D eigenvalue weighted by Crippen LogP contribution is 2.26. The molecule has 4 heteroatoms. The molecule has 1 atom stereocenters. The first kappa shape index (κ1) is 13.2. The normalized spacial score (nSPS) is 13.4. The Morgan fingerprint density at radius 2 is 2.13 bits per heavy atom. The first-order valence-corrected chi connectivity index (χ1v) is 6.80. The van der Waals surface area contributed by atoms with Gasteiger partial charge in [0.2, 0.25) is 0 Å². The number of thiophene rings is 1. The van der Waals surface area contributed by atoms with Gasteiger partial charge in [-0.2, -0.15) is 0 Å². The largest absolute Gasteiger partial charge is 0.377 e. The zero-order valence-corrected chi connectivity index (χ0v) is 11.8. The molecule has 1 N–H and O–H groups in total. The Morgan fingerprint density at radius 1 is 1.40 bits per heavy atom. The van der Waals surface area contributed by atoms with Crippen molar-refractivity contribution in [3.05, 3.63) is 20.8 Å². The maximum Gasteiger partial charge on any atom is 0.0701 e. The van der Waals surface area contributed by atoms with Crippen molar-refractivity contribution in [2.24, 2.45) is 0 Å². The zero-order valence-electron chi connectivity index (χ0n) is 9.42. The van der Waals surface area contributed by atoms with E-state index in [0.717, 1.165) is 13.2 Å². The summed E-state index contributed by atoms with van der Waals surface area (Å²) < 4.78 is 6.65. The average molecular weight is 292 g/mol. The van der Waals surface area contributed by atoms with Crippen LogP contribution in [0.25, 0.3) is 0 Å². The van der Waals surface area contributed by atoms with Gasteiger partial charge in [0.1, 0.15) is 0 Å². The van der Waals surface area contributed by atoms with E-state index in [2.05, 4.69) is 54.2 Å². The standard InChI is InChI=1S/C11H18BrNOS/c1-8(2)14-7-6-13-9(3)10-4-5-11(12)15-10/h4-5,8-9,13H,6-7H2,1-3H3. The fourth-order valence-corrected chi connectivity index (χ4v) is 2.68. The molecule has 0 aliphatic carbocycles. The Morgan fingerprint density at radius 3 is 2.67 bits per heavy atom. The molecule has 0 bridgehead atoms. The van der Waals surface area contributed by atoms with Crippen LogP contribution in [-0.2, 0) is 4.74 Å². The maximum absolute atomic E-state index is 5.46. The number of hydrogen-bond donors (Lipinski definition) is 1. The smallest absolute Gasteiger partial charge is 0.0701 e. The van der Waals surface area contributed by atoms with E-state index in [-0.39, 0.29) is 0 Å². The van der Waals surface area contributed by atoms with Gasteiger partial charge < -0.3 is 10.1 Å². The predicted molar refractivity (Wildman–Crippen MR) is 69.5 cm³/mol. The van der Waals surface area contributed by atoms with Crippen LogP contribution in [0.3, 0.4) is 0 Å². The van der Waals surface area contributed by atoms with Crippen LogP contribution >= 0.6 is 27.3 Å². The number of halogens is 1. The van der Waals surface area contributed by atoms with Crippen molar-refractivity contribution in [1.82, 2.24) is 5.32 Å². The zero-order chi connectivity index (χ0) is 11.3. The van der Waals surface area contributed by atoms with Gasteiger partial charge >= 0.3 is 0 Å². The number of nitrogens with one attached hydrogen (secondary N) is 1. The second kappa shape index (κ2) is 6.63. The van der Waals surface area contributed by atoms with E-state index < -0.39 is 0 Å². The summed E-state index contributed by atoms with van der Waals surface area (Å²) in [5.41, 5.74) is 0. The van der Waals surface area contributed by atoms with E-state index in [1.165, 1.54) is 8.66 Å². The average Bonchev–Trinajstić information content (AvgIpc) is 2.59. The summed E-state index contributed by atoms with van der Waals surface area (Å²) in [6, 6.07) is 4.63. The predicted octanol–water partition coefficient (Wildman–Crippen LogP) is 3.59. The van der Waals surface area contributed by atoms with Gasteiger partial charge in [-0.3, -0.25) is 0 Å². The monoisotopic (exact) mass is 291 g/mol. The van der Waals surface area contributed by atoms with Gasteiger partial charge in [0.25, 0.3) is 0 Å². The molecule has 86 valence electrons. The molecule has 1 rings (SSSR count). The summed E-state index contributed by atoms with van der Waals surface area (Å²) in [6.45, 7) is 7.96. The molecule has 0 saturated carbocycles. The van der Waals surface area contributed by atoms with E-state index in [0.29, 0.717) is 12.1 Å². The van der Waals surface area contributed by atoms with Gasteiger partial charge in [-0.05, 0) is 48.8 Å². The first-order valence-electron chi connectivity index (χ1n) is 5.20. The third kappa shape index (κ3) is 5.11. The van der Waals surface area contributed by atoms with Crippen molar-refractivity contribution in [2.45, 2.75) is 32.9 Å². The number of ether oxygens (including phenoxy) is 1. The van der Waals surface area contributed by atoms with E-state index in [1.807, 2.05) is 0 Å². The summed E-state index contributed by atoms with van der Waals surface area (Å²) in [4.78, 5) is 1.35. The minimum absolute atomic E-state index is 0.318. The van der Waals surface area contributed by atoms with Crippen molar-refractivity contribution in [2.75, 3.05) is 13.2 Å². The summed E-state index contributed by atoms with van der Waals surface area (Å²) in [5, 5.41) is 3.43. The Bertz CT molecular complexity index is 288. The van der Waals surface area contributed by atoms with Gasteiger partial charge in [0, 0.05) is 17.5 Å². The van der Waals surface area contributed by atoms with Crippen molar-refractivity contribution >= 4 is 27.3 Å². The Hall–Kier alpha value is 0.1000. The second-order valence-corrected chi connectivity index (χ2v) is 6.23. The third-order valence-electron chi connectivity index (χ3n) is 2.02. The summed E-state index contributed by atoms with van der Waals surface area (Å²) in [5.74, 6) is 0. The second-order valence-electron chi connectivity index (χ2n) is 3.74. The van der Waals surface area contributed by atoms with Gasteiger partial charge in [-0.15, -0.1) is 11.3 Å². The van der Waals surface area contributed by atoms with Gasteiger partial charge in [-0.1, -0.05) is 0 Å². The molecule has 15 heavy (non-hydrogen) atoms. The lowest BCUT2D eigenvalue weighted by atomic mass is 10.3. The Kier molecular flexibility index (Phi) is 5.82. The molecule has 1 aromatic heterocycles. The van der Waals surface area contributed by atoms with E-state index in [9.17, 15) is 0 Å². The fourth-order valence-electron chi connectivity index (χ4n) is 1.23. The van der Waals surface area contributed by atoms with Crippen LogP contribution in [0.15, 0.2) is 15.9 Å². The van der Waals surface area contributed by atoms with E-state index >= 15 is 0 Å². The quantitative estimate of drug-likeness (QED) is 0.809. The minimum atomic E-state index is 0.318. The van der Waals surface area contributed by atoms with E-state index in [4.69, 9.17) is 4.74 Å². The Balaban J connectivity index is 2.21. The molecule has 1 heterocycles. The van der Waals surface area contributed by atoms with Crippen LogP contribution in [0.5, 0.6) is 0 Å². The van der Waals surface area contributed by atoms with E-state index in [1.54, 1.807) is 11.3 Å². The van der Waals surface area contributed by atoms with Gasteiger partial charge in [-0.25, -0.2) is 0 Å². The van der Waals surface area contributed by atoms with Crippen LogP contribution in [0.1, 0.15) is 31.7 Å². The fraction of sp³-hybridized carbons (Fsp3) is 0.636. The van der Waals surface area contributed by atoms with Crippen LogP contribution < -0.4 is 5.32 Å². The first-order chi connectivity index (χ1) is 7.09. The highest BCUT2D eigenvalue weighted by atomic mass is 79.9. The number of hydrogen-bond acceptors (Lipinski definition) is 3. The molecule has 1 aromatic rings. The molecule has 1 unspecified atom stereocenters. The van der Waals surface area contributed by atoms with Gasteiger partial charge in [0.05, 0.1) is 16.5 Å². The molecule has 0 aliphatic rings. The minimum Gasteiger partial charge on any atom is -0.377 e. The van der Waals surface area contributed by atoms with Crippen molar-refractivity contribution in [1.29, 1.82) is 0 Å². The maximum atomic E-state index is 5.46. The number of rotatable bonds is 6. The van der Waals surface area contributed by atoms with Gasteiger partial charge in [0.15, 0.2) is 0 Å². The highest BCUT2D eigenvalue weighted by Gasteiger charge is 2.06. The molecule has 0 aliphatic heterocycles. The lowest BCUT2D eigenvalue weighted by Crippen LogP contribution is -2.23. The third-order valence-corrected chi connectivity index (χ3v) is 3.83. The van der Waals surface area contributed by atoms with Crippen molar-refractivity contribution in [3.63, 3.8) is 0 Å². The molecular weight excluding hydrogens is 274 g/mol. The SMILES string of the molecule is CC(C)OCCNC(C)c1ccc(Br)s1.